The standard InChI is InChI=1S/C24H23N3O5/c1-30-20-10-7-16(8-11-20)23(28)26-19-6-4-5-17(13-19)24(29)27-25-15-18-9-12-21(31-2)14-22(18)32-3/h4-15H,1-3H3,(H,26,28)(H,27,29). The molecule has 0 bridgehead atoms. The number of nitrogens with zero attached hydrogens (tertiary/aromatic N) is 1. The highest BCUT2D eigenvalue weighted by molar-refractivity contribution is 6.05. The summed E-state index contributed by atoms with van der Waals surface area (Å²) in [5, 5.41) is 6.76. The van der Waals surface area contributed by atoms with Crippen LogP contribution in [-0.4, -0.2) is 39.4 Å². The molecule has 0 aromatic heterocycles. The van der Waals surface area contributed by atoms with Crippen molar-refractivity contribution in [1.82, 2.24) is 5.43 Å². The van der Waals surface area contributed by atoms with E-state index < -0.39 is 5.91 Å². The predicted molar refractivity (Wildman–Crippen MR) is 122 cm³/mol. The van der Waals surface area contributed by atoms with E-state index in [2.05, 4.69) is 15.8 Å². The molecule has 0 aliphatic rings. The summed E-state index contributed by atoms with van der Waals surface area (Å²) in [5.74, 6) is 1.15. The lowest BCUT2D eigenvalue weighted by Gasteiger charge is -2.08. The van der Waals surface area contributed by atoms with Gasteiger partial charge in [0.2, 0.25) is 0 Å². The third kappa shape index (κ3) is 5.63. The zero-order valence-corrected chi connectivity index (χ0v) is 17.9. The van der Waals surface area contributed by atoms with E-state index in [0.29, 0.717) is 39.6 Å². The zero-order valence-electron chi connectivity index (χ0n) is 17.9. The predicted octanol–water partition coefficient (Wildman–Crippen LogP) is 3.73. The van der Waals surface area contributed by atoms with Crippen molar-refractivity contribution in [2.75, 3.05) is 26.6 Å². The van der Waals surface area contributed by atoms with E-state index in [4.69, 9.17) is 14.2 Å². The molecule has 3 rings (SSSR count). The molecule has 3 aromatic rings. The van der Waals surface area contributed by atoms with Crippen LogP contribution >= 0.6 is 0 Å². The molecule has 0 atom stereocenters. The number of benzene rings is 3. The molecule has 0 fully saturated rings. The molecule has 32 heavy (non-hydrogen) atoms. The van der Waals surface area contributed by atoms with Crippen molar-refractivity contribution in [2.45, 2.75) is 0 Å². The van der Waals surface area contributed by atoms with Gasteiger partial charge in [-0.05, 0) is 54.6 Å². The van der Waals surface area contributed by atoms with Crippen molar-refractivity contribution in [1.29, 1.82) is 0 Å². The number of hydrazone groups is 1. The summed E-state index contributed by atoms with van der Waals surface area (Å²) in [6.45, 7) is 0. The normalized spacial score (nSPS) is 10.5. The van der Waals surface area contributed by atoms with Crippen LogP contribution in [0.2, 0.25) is 0 Å². The van der Waals surface area contributed by atoms with Crippen LogP contribution in [0, 0.1) is 0 Å². The average Bonchev–Trinajstić information content (AvgIpc) is 2.84. The van der Waals surface area contributed by atoms with Crippen molar-refractivity contribution in [3.8, 4) is 17.2 Å². The minimum atomic E-state index is -0.422. The largest absolute Gasteiger partial charge is 0.497 e. The summed E-state index contributed by atoms with van der Waals surface area (Å²) >= 11 is 0. The molecule has 3 aromatic carbocycles. The first kappa shape index (κ1) is 22.4. The van der Waals surface area contributed by atoms with Gasteiger partial charge in [-0.1, -0.05) is 6.07 Å². The van der Waals surface area contributed by atoms with Gasteiger partial charge in [-0.3, -0.25) is 9.59 Å². The molecule has 0 heterocycles. The second kappa shape index (κ2) is 10.6. The smallest absolute Gasteiger partial charge is 0.271 e. The van der Waals surface area contributed by atoms with E-state index in [0.717, 1.165) is 0 Å². The van der Waals surface area contributed by atoms with Crippen LogP contribution in [0.25, 0.3) is 0 Å². The molecule has 0 radical (unpaired) electrons. The number of rotatable bonds is 8. The second-order valence-corrected chi connectivity index (χ2v) is 6.57. The van der Waals surface area contributed by atoms with Gasteiger partial charge in [0, 0.05) is 28.4 Å². The molecule has 0 saturated carbocycles. The molecular formula is C24H23N3O5. The van der Waals surface area contributed by atoms with Gasteiger partial charge in [0.25, 0.3) is 11.8 Å². The van der Waals surface area contributed by atoms with Crippen molar-refractivity contribution < 1.29 is 23.8 Å². The van der Waals surface area contributed by atoms with Crippen LogP contribution < -0.4 is 25.0 Å². The first-order valence-electron chi connectivity index (χ1n) is 9.65. The van der Waals surface area contributed by atoms with Crippen molar-refractivity contribution in [3.63, 3.8) is 0 Å². The lowest BCUT2D eigenvalue weighted by molar-refractivity contribution is 0.0953. The van der Waals surface area contributed by atoms with E-state index in [1.165, 1.54) is 13.3 Å². The van der Waals surface area contributed by atoms with Gasteiger partial charge in [0.1, 0.15) is 17.2 Å². The summed E-state index contributed by atoms with van der Waals surface area (Å²) in [5.41, 5.74) is 4.44. The van der Waals surface area contributed by atoms with Gasteiger partial charge in [-0.2, -0.15) is 5.10 Å². The Morgan fingerprint density at radius 1 is 0.781 bits per heavy atom. The number of methoxy groups -OCH3 is 3. The Labute approximate surface area is 185 Å². The minimum Gasteiger partial charge on any atom is -0.497 e. The van der Waals surface area contributed by atoms with Crippen LogP contribution in [-0.2, 0) is 0 Å². The second-order valence-electron chi connectivity index (χ2n) is 6.57. The maximum Gasteiger partial charge on any atom is 0.271 e. The Morgan fingerprint density at radius 3 is 2.19 bits per heavy atom. The van der Waals surface area contributed by atoms with Gasteiger partial charge < -0.3 is 19.5 Å². The molecular weight excluding hydrogens is 410 g/mol. The summed E-state index contributed by atoms with van der Waals surface area (Å²) in [6, 6.07) is 18.5. The zero-order chi connectivity index (χ0) is 22.9. The molecule has 0 unspecified atom stereocenters. The molecule has 2 N–H and O–H groups in total. The van der Waals surface area contributed by atoms with Gasteiger partial charge >= 0.3 is 0 Å². The number of carbonyl (C=O) groups excluding carboxylic acids is 2. The molecule has 0 saturated heterocycles. The van der Waals surface area contributed by atoms with Crippen LogP contribution in [0.15, 0.2) is 71.8 Å². The molecule has 0 aliphatic carbocycles. The molecule has 0 aliphatic heterocycles. The number of hydrogen-bond donors (Lipinski definition) is 2. The number of carbonyl (C=O) groups is 2. The Kier molecular flexibility index (Phi) is 7.42. The third-order valence-corrected chi connectivity index (χ3v) is 4.55. The fourth-order valence-electron chi connectivity index (χ4n) is 2.83. The van der Waals surface area contributed by atoms with Gasteiger partial charge in [-0.25, -0.2) is 5.43 Å². The van der Waals surface area contributed by atoms with E-state index in [1.54, 1.807) is 80.9 Å². The molecule has 0 spiro atoms. The SMILES string of the molecule is COc1ccc(C(=O)Nc2cccc(C(=O)NN=Cc3ccc(OC)cc3OC)c2)cc1. The topological polar surface area (TPSA) is 98.2 Å². The summed E-state index contributed by atoms with van der Waals surface area (Å²) in [4.78, 5) is 24.9. The highest BCUT2D eigenvalue weighted by Crippen LogP contribution is 2.23. The Bertz CT molecular complexity index is 1130. The van der Waals surface area contributed by atoms with E-state index in [-0.39, 0.29) is 5.91 Å². The highest BCUT2D eigenvalue weighted by atomic mass is 16.5. The van der Waals surface area contributed by atoms with E-state index >= 15 is 0 Å². The maximum atomic E-state index is 12.5. The van der Waals surface area contributed by atoms with E-state index in [9.17, 15) is 9.59 Å². The van der Waals surface area contributed by atoms with Crippen molar-refractivity contribution in [3.05, 3.63) is 83.4 Å². The Hall–Kier alpha value is -4.33. The number of hydrogen-bond acceptors (Lipinski definition) is 6. The maximum absolute atomic E-state index is 12.5. The molecule has 8 nitrogen and oxygen atoms in total. The number of amides is 2. The fourth-order valence-corrected chi connectivity index (χ4v) is 2.83. The summed E-state index contributed by atoms with van der Waals surface area (Å²) < 4.78 is 15.6. The molecule has 164 valence electrons. The quantitative estimate of drug-likeness (QED) is 0.417. The Morgan fingerprint density at radius 2 is 1.50 bits per heavy atom. The number of nitrogens with one attached hydrogen (secondary N) is 2. The van der Waals surface area contributed by atoms with Crippen LogP contribution in [0.1, 0.15) is 26.3 Å². The molecule has 8 heteroatoms. The van der Waals surface area contributed by atoms with Gasteiger partial charge in [0.05, 0.1) is 27.5 Å². The monoisotopic (exact) mass is 433 g/mol. The van der Waals surface area contributed by atoms with Gasteiger partial charge in [0.15, 0.2) is 0 Å². The lowest BCUT2D eigenvalue weighted by Crippen LogP contribution is -2.18. The molecule has 2 amide bonds. The first-order valence-corrected chi connectivity index (χ1v) is 9.65. The minimum absolute atomic E-state index is 0.296. The van der Waals surface area contributed by atoms with Gasteiger partial charge in [-0.15, -0.1) is 0 Å². The Balaban J connectivity index is 1.65. The average molecular weight is 433 g/mol. The summed E-state index contributed by atoms with van der Waals surface area (Å²) in [7, 11) is 4.66. The lowest BCUT2D eigenvalue weighted by atomic mass is 10.1. The third-order valence-electron chi connectivity index (χ3n) is 4.55. The van der Waals surface area contributed by atoms with Crippen molar-refractivity contribution >= 4 is 23.7 Å². The highest BCUT2D eigenvalue weighted by Gasteiger charge is 2.10. The van der Waals surface area contributed by atoms with E-state index in [1.807, 2.05) is 0 Å². The van der Waals surface area contributed by atoms with Crippen LogP contribution in [0.5, 0.6) is 17.2 Å². The van der Waals surface area contributed by atoms with Crippen molar-refractivity contribution in [2.24, 2.45) is 5.10 Å². The fraction of sp³-hybridized carbons (Fsp3) is 0.125. The first-order chi connectivity index (χ1) is 15.5. The number of anilines is 1. The number of ether oxygens (including phenoxy) is 3. The van der Waals surface area contributed by atoms with Crippen LogP contribution in [0.4, 0.5) is 5.69 Å². The summed E-state index contributed by atoms with van der Waals surface area (Å²) in [6.07, 6.45) is 1.48. The van der Waals surface area contributed by atoms with Crippen LogP contribution in [0.3, 0.4) is 0 Å².